The SMILES string of the molecule is O=C1CC(=O)N(C[C@H](F)c2cccc(Cl)c2)C(=O)N1C[C@@H](F)c1cccc(Cl)c1. The summed E-state index contributed by atoms with van der Waals surface area (Å²) in [7, 11) is 0. The van der Waals surface area contributed by atoms with Crippen LogP contribution in [0.3, 0.4) is 0 Å². The van der Waals surface area contributed by atoms with Crippen LogP contribution in [0.15, 0.2) is 48.5 Å². The quantitative estimate of drug-likeness (QED) is 0.600. The number of rotatable bonds is 6. The fourth-order valence-corrected chi connectivity index (χ4v) is 3.37. The molecule has 2 atom stereocenters. The molecule has 29 heavy (non-hydrogen) atoms. The van der Waals surface area contributed by atoms with E-state index in [4.69, 9.17) is 23.2 Å². The Balaban J connectivity index is 1.75. The Morgan fingerprint density at radius 2 is 1.21 bits per heavy atom. The van der Waals surface area contributed by atoms with Crippen molar-refractivity contribution in [1.29, 1.82) is 0 Å². The molecule has 1 aliphatic heterocycles. The average molecular weight is 441 g/mol. The average Bonchev–Trinajstić information content (AvgIpc) is 2.68. The molecule has 0 unspecified atom stereocenters. The van der Waals surface area contributed by atoms with Gasteiger partial charge in [0.1, 0.15) is 18.8 Å². The molecule has 0 aliphatic carbocycles. The van der Waals surface area contributed by atoms with Crippen LogP contribution in [-0.2, 0) is 9.59 Å². The van der Waals surface area contributed by atoms with Gasteiger partial charge in [0.05, 0.1) is 13.1 Å². The Morgan fingerprint density at radius 1 is 0.793 bits per heavy atom. The molecule has 9 heteroatoms. The number of nitrogens with zero attached hydrogens (tertiary/aromatic N) is 2. The van der Waals surface area contributed by atoms with E-state index in [1.54, 1.807) is 24.3 Å². The predicted octanol–water partition coefficient (Wildman–Crippen LogP) is 4.90. The predicted molar refractivity (Wildman–Crippen MR) is 104 cm³/mol. The summed E-state index contributed by atoms with van der Waals surface area (Å²) < 4.78 is 29.3. The van der Waals surface area contributed by atoms with E-state index in [1.807, 2.05) is 0 Å². The van der Waals surface area contributed by atoms with E-state index < -0.39 is 49.7 Å². The lowest BCUT2D eigenvalue weighted by Crippen LogP contribution is -2.56. The summed E-state index contributed by atoms with van der Waals surface area (Å²) >= 11 is 11.7. The summed E-state index contributed by atoms with van der Waals surface area (Å²) in [5, 5.41) is 0.611. The molecule has 4 amide bonds. The third-order valence-electron chi connectivity index (χ3n) is 4.47. The molecule has 0 saturated carbocycles. The zero-order valence-corrected chi connectivity index (χ0v) is 16.5. The molecule has 1 heterocycles. The first-order valence-electron chi connectivity index (χ1n) is 8.70. The molecule has 3 rings (SSSR count). The summed E-state index contributed by atoms with van der Waals surface area (Å²) in [6, 6.07) is 10.8. The molecule has 0 spiro atoms. The van der Waals surface area contributed by atoms with Crippen LogP contribution in [-0.4, -0.2) is 40.7 Å². The minimum absolute atomic E-state index is 0.184. The minimum atomic E-state index is -1.70. The lowest BCUT2D eigenvalue weighted by molar-refractivity contribution is -0.143. The summed E-state index contributed by atoms with van der Waals surface area (Å²) in [6.45, 7) is -1.20. The Hall–Kier alpha value is -2.51. The molecule has 2 aromatic rings. The lowest BCUT2D eigenvalue weighted by Gasteiger charge is -2.34. The van der Waals surface area contributed by atoms with Crippen LogP contribution >= 0.6 is 23.2 Å². The van der Waals surface area contributed by atoms with Crippen molar-refractivity contribution in [3.63, 3.8) is 0 Å². The first-order chi connectivity index (χ1) is 13.8. The molecule has 152 valence electrons. The van der Waals surface area contributed by atoms with Crippen molar-refractivity contribution >= 4 is 41.0 Å². The smallest absolute Gasteiger partial charge is 0.274 e. The monoisotopic (exact) mass is 440 g/mol. The van der Waals surface area contributed by atoms with Crippen molar-refractivity contribution in [2.45, 2.75) is 18.8 Å². The molecular formula is C20H16Cl2F2N2O3. The number of carbonyl (C=O) groups excluding carboxylic acids is 3. The molecule has 0 radical (unpaired) electrons. The maximum atomic E-state index is 14.6. The van der Waals surface area contributed by atoms with Crippen LogP contribution in [0.1, 0.15) is 29.9 Å². The van der Waals surface area contributed by atoms with Gasteiger partial charge in [-0.1, -0.05) is 47.5 Å². The van der Waals surface area contributed by atoms with Crippen molar-refractivity contribution in [1.82, 2.24) is 9.80 Å². The van der Waals surface area contributed by atoms with Gasteiger partial charge in [0, 0.05) is 10.0 Å². The third kappa shape index (κ3) is 4.92. The Kier molecular flexibility index (Phi) is 6.49. The number of halogens is 4. The topological polar surface area (TPSA) is 57.7 Å². The highest BCUT2D eigenvalue weighted by Crippen LogP contribution is 2.27. The number of hydrogen-bond acceptors (Lipinski definition) is 3. The van der Waals surface area contributed by atoms with Gasteiger partial charge >= 0.3 is 6.03 Å². The second-order valence-electron chi connectivity index (χ2n) is 6.51. The molecule has 2 aromatic carbocycles. The highest BCUT2D eigenvalue weighted by atomic mass is 35.5. The zero-order chi connectivity index (χ0) is 21.1. The molecule has 1 aliphatic rings. The van der Waals surface area contributed by atoms with Crippen molar-refractivity contribution in [2.24, 2.45) is 0 Å². The highest BCUT2D eigenvalue weighted by Gasteiger charge is 2.40. The number of benzene rings is 2. The lowest BCUT2D eigenvalue weighted by atomic mass is 10.1. The summed E-state index contributed by atoms with van der Waals surface area (Å²) in [5.74, 6) is -1.67. The van der Waals surface area contributed by atoms with E-state index in [1.165, 1.54) is 24.3 Å². The van der Waals surface area contributed by atoms with Crippen LogP contribution in [0.5, 0.6) is 0 Å². The summed E-state index contributed by atoms with van der Waals surface area (Å²) in [5.41, 5.74) is 0.368. The van der Waals surface area contributed by atoms with Gasteiger partial charge in [0.25, 0.3) is 0 Å². The van der Waals surface area contributed by atoms with Gasteiger partial charge in [0.2, 0.25) is 11.8 Å². The van der Waals surface area contributed by atoms with Crippen LogP contribution in [0.25, 0.3) is 0 Å². The van der Waals surface area contributed by atoms with E-state index in [9.17, 15) is 23.2 Å². The normalized spacial score (nSPS) is 16.9. The summed E-state index contributed by atoms with van der Waals surface area (Å²) in [6.07, 6.45) is -4.05. The van der Waals surface area contributed by atoms with Crippen molar-refractivity contribution in [2.75, 3.05) is 13.1 Å². The number of carbonyl (C=O) groups is 3. The molecule has 5 nitrogen and oxygen atoms in total. The van der Waals surface area contributed by atoms with E-state index in [2.05, 4.69) is 0 Å². The van der Waals surface area contributed by atoms with E-state index in [0.29, 0.717) is 19.8 Å². The van der Waals surface area contributed by atoms with Crippen LogP contribution in [0.4, 0.5) is 13.6 Å². The number of alkyl halides is 2. The van der Waals surface area contributed by atoms with Crippen LogP contribution < -0.4 is 0 Å². The first-order valence-corrected chi connectivity index (χ1v) is 9.45. The molecule has 0 aromatic heterocycles. The molecule has 0 N–H and O–H groups in total. The Bertz CT molecular complexity index is 883. The molecule has 1 fully saturated rings. The Morgan fingerprint density at radius 3 is 1.59 bits per heavy atom. The minimum Gasteiger partial charge on any atom is -0.274 e. The largest absolute Gasteiger partial charge is 0.333 e. The Labute approximate surface area is 175 Å². The van der Waals surface area contributed by atoms with Crippen molar-refractivity contribution in [3.05, 3.63) is 69.7 Å². The van der Waals surface area contributed by atoms with Gasteiger partial charge in [-0.15, -0.1) is 0 Å². The van der Waals surface area contributed by atoms with Gasteiger partial charge in [-0.2, -0.15) is 0 Å². The van der Waals surface area contributed by atoms with Gasteiger partial charge in [-0.25, -0.2) is 13.6 Å². The van der Waals surface area contributed by atoms with Gasteiger partial charge in [-0.05, 0) is 35.4 Å². The first kappa shape index (κ1) is 21.2. The molecular weight excluding hydrogens is 425 g/mol. The van der Waals surface area contributed by atoms with Crippen molar-refractivity contribution in [3.8, 4) is 0 Å². The second-order valence-corrected chi connectivity index (χ2v) is 7.39. The standard InChI is InChI=1S/C20H16Cl2F2N2O3/c21-14-5-1-3-12(7-14)16(23)10-25-18(27)9-19(28)26(20(25)29)11-17(24)13-4-2-6-15(22)8-13/h1-8,16-17H,9-11H2/t16-,17+. The number of amides is 4. The number of urea groups is 1. The van der Waals surface area contributed by atoms with Crippen molar-refractivity contribution < 1.29 is 23.2 Å². The van der Waals surface area contributed by atoms with Gasteiger partial charge in [-0.3, -0.25) is 19.4 Å². The van der Waals surface area contributed by atoms with E-state index in [0.717, 1.165) is 0 Å². The van der Waals surface area contributed by atoms with Gasteiger partial charge < -0.3 is 0 Å². The van der Waals surface area contributed by atoms with E-state index >= 15 is 0 Å². The number of barbiturate groups is 1. The fraction of sp³-hybridized carbons (Fsp3) is 0.250. The maximum Gasteiger partial charge on any atom is 0.333 e. The highest BCUT2D eigenvalue weighted by molar-refractivity contribution is 6.30. The number of imide groups is 2. The van der Waals surface area contributed by atoms with E-state index in [-0.39, 0.29) is 11.1 Å². The zero-order valence-electron chi connectivity index (χ0n) is 15.0. The van der Waals surface area contributed by atoms with Gasteiger partial charge in [0.15, 0.2) is 0 Å². The third-order valence-corrected chi connectivity index (χ3v) is 4.94. The molecule has 1 saturated heterocycles. The van der Waals surface area contributed by atoms with Crippen LogP contribution in [0.2, 0.25) is 10.0 Å². The summed E-state index contributed by atoms with van der Waals surface area (Å²) in [4.78, 5) is 38.2. The fourth-order valence-electron chi connectivity index (χ4n) is 2.97. The number of hydrogen-bond donors (Lipinski definition) is 0. The molecule has 0 bridgehead atoms. The van der Waals surface area contributed by atoms with Crippen LogP contribution in [0, 0.1) is 0 Å². The second kappa shape index (κ2) is 8.88. The maximum absolute atomic E-state index is 14.6.